The van der Waals surface area contributed by atoms with Gasteiger partial charge < -0.3 is 24.6 Å². The number of hydrogen-bond acceptors (Lipinski definition) is 5. The molecular weight excluding hydrogens is 360 g/mol. The zero-order chi connectivity index (χ0) is 19.2. The monoisotopic (exact) mass is 382 g/mol. The maximum absolute atomic E-state index is 9.01. The number of nitrogens with one attached hydrogen (secondary N) is 1. The van der Waals surface area contributed by atoms with E-state index >= 15 is 0 Å². The quantitative estimate of drug-likeness (QED) is 0.816. The first kappa shape index (κ1) is 18.8. The van der Waals surface area contributed by atoms with Crippen molar-refractivity contribution in [2.75, 3.05) is 50.6 Å². The Morgan fingerprint density at radius 3 is 2.52 bits per heavy atom. The Morgan fingerprint density at radius 1 is 1.07 bits per heavy atom. The lowest BCUT2D eigenvalue weighted by atomic mass is 10.2. The van der Waals surface area contributed by atoms with E-state index in [0.29, 0.717) is 10.7 Å². The van der Waals surface area contributed by atoms with E-state index in [0.717, 1.165) is 49.1 Å². The Hall–Kier alpha value is -2.98. The molecule has 0 spiro atoms. The van der Waals surface area contributed by atoms with E-state index in [1.165, 1.54) is 0 Å². The molecule has 3 rings (SSSR count). The van der Waals surface area contributed by atoms with Gasteiger partial charge in [0.25, 0.3) is 0 Å². The number of hydrogen-bond donors (Lipinski definition) is 1. The topological polar surface area (TPSA) is 60.8 Å². The molecule has 1 N–H and O–H groups in total. The maximum atomic E-state index is 9.01. The minimum absolute atomic E-state index is 0.610. The number of methoxy groups -OCH3 is 2. The van der Waals surface area contributed by atoms with Gasteiger partial charge in [0.2, 0.25) is 0 Å². The van der Waals surface area contributed by atoms with Crippen LogP contribution < -0.4 is 19.7 Å². The largest absolute Gasteiger partial charge is 0.497 e. The number of anilines is 2. The number of benzene rings is 2. The Kier molecular flexibility index (Phi) is 5.99. The number of nitriles is 1. The van der Waals surface area contributed by atoms with E-state index in [4.69, 9.17) is 27.0 Å². The van der Waals surface area contributed by atoms with Crippen LogP contribution >= 0.6 is 12.2 Å². The lowest BCUT2D eigenvalue weighted by molar-refractivity contribution is 0.377. The molecule has 140 valence electrons. The predicted molar refractivity (Wildman–Crippen MR) is 111 cm³/mol. The van der Waals surface area contributed by atoms with Gasteiger partial charge in [-0.1, -0.05) is 6.07 Å². The third kappa shape index (κ3) is 4.41. The van der Waals surface area contributed by atoms with Crippen LogP contribution in [0.1, 0.15) is 5.56 Å². The van der Waals surface area contributed by atoms with Crippen LogP contribution in [0.3, 0.4) is 0 Å². The zero-order valence-corrected chi connectivity index (χ0v) is 16.3. The lowest BCUT2D eigenvalue weighted by Gasteiger charge is -2.38. The summed E-state index contributed by atoms with van der Waals surface area (Å²) in [5, 5.41) is 12.9. The summed E-state index contributed by atoms with van der Waals surface area (Å²) in [6, 6.07) is 15.3. The second-order valence-corrected chi connectivity index (χ2v) is 6.52. The van der Waals surface area contributed by atoms with E-state index < -0.39 is 0 Å². The van der Waals surface area contributed by atoms with Crippen molar-refractivity contribution >= 4 is 28.7 Å². The minimum atomic E-state index is 0.610. The third-order valence-electron chi connectivity index (χ3n) is 4.54. The normalized spacial score (nSPS) is 13.7. The fraction of sp³-hybridized carbons (Fsp3) is 0.300. The van der Waals surface area contributed by atoms with Crippen LogP contribution in [0.2, 0.25) is 0 Å². The van der Waals surface area contributed by atoms with Crippen molar-refractivity contribution in [1.29, 1.82) is 5.26 Å². The molecule has 1 aliphatic rings. The van der Waals surface area contributed by atoms with Crippen molar-refractivity contribution < 1.29 is 9.47 Å². The molecule has 6 nitrogen and oxygen atoms in total. The smallest absolute Gasteiger partial charge is 0.173 e. The number of nitrogens with zero attached hydrogens (tertiary/aromatic N) is 3. The van der Waals surface area contributed by atoms with Crippen LogP contribution in [-0.2, 0) is 0 Å². The molecule has 27 heavy (non-hydrogen) atoms. The van der Waals surface area contributed by atoms with Crippen molar-refractivity contribution in [1.82, 2.24) is 4.90 Å². The molecule has 0 radical (unpaired) electrons. The number of thiocarbonyl (C=S) groups is 1. The first-order valence-corrected chi connectivity index (χ1v) is 9.08. The molecule has 0 amide bonds. The Bertz CT molecular complexity index is 857. The van der Waals surface area contributed by atoms with Crippen LogP contribution in [0.15, 0.2) is 42.5 Å². The molecule has 0 aromatic heterocycles. The average Bonchev–Trinajstić information content (AvgIpc) is 2.73. The molecule has 1 saturated heterocycles. The van der Waals surface area contributed by atoms with Gasteiger partial charge in [-0.25, -0.2) is 0 Å². The molecule has 0 aliphatic carbocycles. The minimum Gasteiger partial charge on any atom is -0.497 e. The highest BCUT2D eigenvalue weighted by Gasteiger charge is 2.21. The molecule has 2 aromatic carbocycles. The van der Waals surface area contributed by atoms with Crippen LogP contribution in [0.4, 0.5) is 11.4 Å². The zero-order valence-electron chi connectivity index (χ0n) is 15.4. The molecule has 0 bridgehead atoms. The summed E-state index contributed by atoms with van der Waals surface area (Å²) in [7, 11) is 3.32. The van der Waals surface area contributed by atoms with Gasteiger partial charge in [0.1, 0.15) is 11.5 Å². The van der Waals surface area contributed by atoms with E-state index in [2.05, 4.69) is 21.2 Å². The van der Waals surface area contributed by atoms with Crippen molar-refractivity contribution in [2.45, 2.75) is 0 Å². The summed E-state index contributed by atoms with van der Waals surface area (Å²) >= 11 is 5.54. The number of rotatable bonds is 4. The van der Waals surface area contributed by atoms with Crippen molar-refractivity contribution in [3.63, 3.8) is 0 Å². The van der Waals surface area contributed by atoms with Crippen LogP contribution in [0.25, 0.3) is 0 Å². The molecule has 0 unspecified atom stereocenters. The van der Waals surface area contributed by atoms with Gasteiger partial charge in [-0.15, -0.1) is 0 Å². The molecule has 7 heteroatoms. The number of ether oxygens (including phenoxy) is 2. The summed E-state index contributed by atoms with van der Waals surface area (Å²) in [6.07, 6.45) is 0. The fourth-order valence-electron chi connectivity index (χ4n) is 3.07. The van der Waals surface area contributed by atoms with Gasteiger partial charge in [0, 0.05) is 37.9 Å². The Balaban J connectivity index is 1.61. The molecular formula is C20H22N4O2S. The highest BCUT2D eigenvalue weighted by molar-refractivity contribution is 7.80. The van der Waals surface area contributed by atoms with Gasteiger partial charge >= 0.3 is 0 Å². The first-order chi connectivity index (χ1) is 13.1. The van der Waals surface area contributed by atoms with Gasteiger partial charge in [0.15, 0.2) is 5.11 Å². The molecule has 0 atom stereocenters. The fourth-order valence-corrected chi connectivity index (χ4v) is 3.37. The van der Waals surface area contributed by atoms with E-state index in [1.54, 1.807) is 26.4 Å². The average molecular weight is 382 g/mol. The summed E-state index contributed by atoms with van der Waals surface area (Å²) in [6.45, 7) is 3.28. The van der Waals surface area contributed by atoms with Gasteiger partial charge in [0.05, 0.1) is 31.5 Å². The second-order valence-electron chi connectivity index (χ2n) is 6.13. The predicted octanol–water partition coefficient (Wildman–Crippen LogP) is 3.09. The van der Waals surface area contributed by atoms with E-state index in [9.17, 15) is 0 Å². The summed E-state index contributed by atoms with van der Waals surface area (Å²) < 4.78 is 10.8. The third-order valence-corrected chi connectivity index (χ3v) is 4.90. The highest BCUT2D eigenvalue weighted by Crippen LogP contribution is 2.32. The second kappa shape index (κ2) is 8.60. The lowest BCUT2D eigenvalue weighted by Crippen LogP contribution is -2.50. The molecule has 1 heterocycles. The van der Waals surface area contributed by atoms with Gasteiger partial charge in [-0.2, -0.15) is 5.26 Å². The Morgan fingerprint density at radius 2 is 1.85 bits per heavy atom. The standard InChI is InChI=1S/C20H22N4O2S/c1-25-17-6-7-18(19(13-17)26-2)23-8-10-24(11-9-23)20(27)22-16-5-3-4-15(12-16)14-21/h3-7,12-13H,8-11H2,1-2H3,(H,22,27). The highest BCUT2D eigenvalue weighted by atomic mass is 32.1. The van der Waals surface area contributed by atoms with Crippen molar-refractivity contribution in [3.8, 4) is 17.6 Å². The summed E-state index contributed by atoms with van der Waals surface area (Å²) in [5.41, 5.74) is 2.50. The van der Waals surface area contributed by atoms with Crippen LogP contribution in [-0.4, -0.2) is 50.4 Å². The first-order valence-electron chi connectivity index (χ1n) is 8.67. The van der Waals surface area contributed by atoms with Crippen molar-refractivity contribution in [3.05, 3.63) is 48.0 Å². The summed E-state index contributed by atoms with van der Waals surface area (Å²) in [5.74, 6) is 1.58. The van der Waals surface area contributed by atoms with Crippen LogP contribution in [0.5, 0.6) is 11.5 Å². The summed E-state index contributed by atoms with van der Waals surface area (Å²) in [4.78, 5) is 4.43. The molecule has 1 aliphatic heterocycles. The SMILES string of the molecule is COc1ccc(N2CCN(C(=S)Nc3cccc(C#N)c3)CC2)c(OC)c1. The number of piperazine rings is 1. The molecule has 1 fully saturated rings. The molecule has 2 aromatic rings. The van der Waals surface area contributed by atoms with E-state index in [1.807, 2.05) is 30.3 Å². The Labute approximate surface area is 164 Å². The van der Waals surface area contributed by atoms with Gasteiger partial charge in [-0.3, -0.25) is 0 Å². The molecule has 0 saturated carbocycles. The maximum Gasteiger partial charge on any atom is 0.173 e. The van der Waals surface area contributed by atoms with E-state index in [-0.39, 0.29) is 0 Å². The van der Waals surface area contributed by atoms with Crippen molar-refractivity contribution in [2.24, 2.45) is 0 Å². The van der Waals surface area contributed by atoms with Gasteiger partial charge in [-0.05, 0) is 42.5 Å². The van der Waals surface area contributed by atoms with Crippen LogP contribution in [0, 0.1) is 11.3 Å².